The minimum absolute atomic E-state index is 0.0337. The fraction of sp³-hybridized carbons (Fsp3) is 0.389. The van der Waals surface area contributed by atoms with E-state index in [1.165, 1.54) is 4.40 Å². The van der Waals surface area contributed by atoms with Crippen molar-refractivity contribution < 1.29 is 4.79 Å². The van der Waals surface area contributed by atoms with E-state index in [1.807, 2.05) is 17.8 Å². The first-order chi connectivity index (χ1) is 12.6. The fourth-order valence-corrected chi connectivity index (χ4v) is 3.54. The van der Waals surface area contributed by atoms with Gasteiger partial charge in [-0.05, 0) is 44.1 Å². The molecule has 136 valence electrons. The molecule has 1 unspecified atom stereocenters. The Morgan fingerprint density at radius 1 is 1.38 bits per heavy atom. The molecular weight excluding hydrogens is 332 g/mol. The van der Waals surface area contributed by atoms with E-state index in [0.717, 1.165) is 31.6 Å². The van der Waals surface area contributed by atoms with Gasteiger partial charge in [-0.1, -0.05) is 0 Å². The largest absolute Gasteiger partial charge is 0.349 e. The van der Waals surface area contributed by atoms with Crippen LogP contribution in [0.2, 0.25) is 0 Å². The fourth-order valence-electron chi connectivity index (χ4n) is 3.54. The maximum Gasteiger partial charge on any atom is 0.330 e. The number of carbonyl (C=O) groups is 1. The first-order valence-electron chi connectivity index (χ1n) is 8.82. The Balaban J connectivity index is 1.52. The number of aryl methyl sites for hydroxylation is 1. The Kier molecular flexibility index (Phi) is 4.34. The van der Waals surface area contributed by atoms with Gasteiger partial charge in [0.1, 0.15) is 5.69 Å². The molecule has 0 radical (unpaired) electrons. The lowest BCUT2D eigenvalue weighted by atomic mass is 10.2. The van der Waals surface area contributed by atoms with Crippen LogP contribution in [0.25, 0.3) is 5.52 Å². The number of nitrogens with one attached hydrogen (secondary N) is 2. The molecular formula is C18H22N6O2. The third-order valence-electron chi connectivity index (χ3n) is 4.88. The van der Waals surface area contributed by atoms with Gasteiger partial charge in [0.25, 0.3) is 5.91 Å². The van der Waals surface area contributed by atoms with E-state index < -0.39 is 0 Å². The third-order valence-corrected chi connectivity index (χ3v) is 4.88. The van der Waals surface area contributed by atoms with E-state index in [-0.39, 0.29) is 23.3 Å². The van der Waals surface area contributed by atoms with Gasteiger partial charge in [-0.15, -0.1) is 0 Å². The number of amides is 1. The van der Waals surface area contributed by atoms with Crippen molar-refractivity contribution in [1.29, 1.82) is 0 Å². The quantitative estimate of drug-likeness (QED) is 0.713. The van der Waals surface area contributed by atoms with E-state index in [1.54, 1.807) is 30.7 Å². The first-order valence-corrected chi connectivity index (χ1v) is 8.82. The van der Waals surface area contributed by atoms with Gasteiger partial charge in [0.2, 0.25) is 0 Å². The number of hydrogen-bond donors (Lipinski definition) is 2. The molecule has 2 N–H and O–H groups in total. The molecule has 1 aliphatic rings. The summed E-state index contributed by atoms with van der Waals surface area (Å²) in [5.41, 5.74) is 1.59. The summed E-state index contributed by atoms with van der Waals surface area (Å²) >= 11 is 0. The highest BCUT2D eigenvalue weighted by Crippen LogP contribution is 2.23. The number of nitrogens with zero attached hydrogens (tertiary/aromatic N) is 4. The first kappa shape index (κ1) is 16.6. The van der Waals surface area contributed by atoms with Crippen LogP contribution in [0.4, 0.5) is 0 Å². The monoisotopic (exact) mass is 354 g/mol. The van der Waals surface area contributed by atoms with Crippen molar-refractivity contribution in [3.05, 3.63) is 58.8 Å². The molecule has 8 heteroatoms. The molecule has 0 spiro atoms. The summed E-state index contributed by atoms with van der Waals surface area (Å²) in [6.07, 6.45) is 7.76. The molecule has 1 amide bonds. The van der Waals surface area contributed by atoms with Crippen LogP contribution in [0.3, 0.4) is 0 Å². The molecule has 4 rings (SSSR count). The minimum atomic E-state index is -0.321. The third kappa shape index (κ3) is 3.15. The standard InChI is InChI=1S/C18H22N6O2/c1-22-11-15(20-12-22)16(23-6-2-3-7-23)10-19-17(25)14-9-13-5-4-8-24(13)18(26)21-14/h4-5,8-9,11-12,16H,2-3,6-7,10H2,1H3,(H,19,25)(H,21,26). The number of imidazole rings is 1. The van der Waals surface area contributed by atoms with Crippen molar-refractivity contribution in [1.82, 2.24) is 29.2 Å². The molecule has 4 heterocycles. The van der Waals surface area contributed by atoms with Crippen molar-refractivity contribution in [3.8, 4) is 0 Å². The Morgan fingerprint density at radius 3 is 2.92 bits per heavy atom. The summed E-state index contributed by atoms with van der Waals surface area (Å²) in [6, 6.07) is 5.29. The summed E-state index contributed by atoms with van der Waals surface area (Å²) in [4.78, 5) is 34.1. The number of rotatable bonds is 5. The Hall–Kier alpha value is -2.87. The molecule has 1 atom stereocenters. The Morgan fingerprint density at radius 2 is 2.19 bits per heavy atom. The summed E-state index contributed by atoms with van der Waals surface area (Å²) < 4.78 is 3.38. The molecule has 3 aromatic rings. The average molecular weight is 354 g/mol. The topological polar surface area (TPSA) is 87.4 Å². The molecule has 1 fully saturated rings. The summed E-state index contributed by atoms with van der Waals surface area (Å²) in [5, 5.41) is 2.96. The second-order valence-corrected chi connectivity index (χ2v) is 6.72. The smallest absolute Gasteiger partial charge is 0.330 e. The zero-order chi connectivity index (χ0) is 18.1. The number of aromatic nitrogens is 4. The van der Waals surface area contributed by atoms with Crippen LogP contribution >= 0.6 is 0 Å². The molecule has 8 nitrogen and oxygen atoms in total. The summed E-state index contributed by atoms with van der Waals surface area (Å²) in [7, 11) is 1.94. The highest BCUT2D eigenvalue weighted by Gasteiger charge is 2.26. The van der Waals surface area contributed by atoms with Gasteiger partial charge >= 0.3 is 5.69 Å². The number of H-pyrrole nitrogens is 1. The zero-order valence-corrected chi connectivity index (χ0v) is 14.7. The van der Waals surface area contributed by atoms with Crippen molar-refractivity contribution in [2.75, 3.05) is 19.6 Å². The zero-order valence-electron chi connectivity index (χ0n) is 14.7. The van der Waals surface area contributed by atoms with E-state index in [2.05, 4.69) is 20.2 Å². The van der Waals surface area contributed by atoms with Gasteiger partial charge < -0.3 is 14.9 Å². The number of hydrogen-bond acceptors (Lipinski definition) is 4. The normalized spacial score (nSPS) is 16.2. The highest BCUT2D eigenvalue weighted by molar-refractivity contribution is 5.93. The lowest BCUT2D eigenvalue weighted by Gasteiger charge is -2.26. The number of fused-ring (bicyclic) bond motifs is 1. The Labute approximate surface area is 150 Å². The maximum absolute atomic E-state index is 12.6. The van der Waals surface area contributed by atoms with Gasteiger partial charge in [-0.3, -0.25) is 14.1 Å². The van der Waals surface area contributed by atoms with Gasteiger partial charge in [-0.2, -0.15) is 0 Å². The van der Waals surface area contributed by atoms with Gasteiger partial charge in [0.05, 0.1) is 23.6 Å². The predicted octanol–water partition coefficient (Wildman–Crippen LogP) is 0.928. The number of carbonyl (C=O) groups excluding carboxylic acids is 1. The number of aromatic amines is 1. The van der Waals surface area contributed by atoms with E-state index >= 15 is 0 Å². The van der Waals surface area contributed by atoms with Crippen LogP contribution < -0.4 is 11.0 Å². The van der Waals surface area contributed by atoms with E-state index in [4.69, 9.17) is 0 Å². The molecule has 26 heavy (non-hydrogen) atoms. The van der Waals surface area contributed by atoms with Crippen LogP contribution in [0, 0.1) is 0 Å². The van der Waals surface area contributed by atoms with E-state index in [0.29, 0.717) is 12.1 Å². The summed E-state index contributed by atoms with van der Waals surface area (Å²) in [5.74, 6) is -0.286. The van der Waals surface area contributed by atoms with Crippen molar-refractivity contribution >= 4 is 11.4 Å². The predicted molar refractivity (Wildman–Crippen MR) is 97.1 cm³/mol. The van der Waals surface area contributed by atoms with Crippen molar-refractivity contribution in [3.63, 3.8) is 0 Å². The molecule has 0 saturated carbocycles. The molecule has 0 aliphatic carbocycles. The number of likely N-dealkylation sites (tertiary alicyclic amines) is 1. The van der Waals surface area contributed by atoms with Crippen LogP contribution in [-0.4, -0.2) is 49.4 Å². The maximum atomic E-state index is 12.6. The molecule has 1 aliphatic heterocycles. The van der Waals surface area contributed by atoms with E-state index in [9.17, 15) is 9.59 Å². The van der Waals surface area contributed by atoms with Crippen molar-refractivity contribution in [2.24, 2.45) is 7.05 Å². The van der Waals surface area contributed by atoms with Crippen LogP contribution in [0.1, 0.15) is 35.1 Å². The lowest BCUT2D eigenvalue weighted by Crippen LogP contribution is -2.37. The van der Waals surface area contributed by atoms with Crippen LogP contribution in [0.5, 0.6) is 0 Å². The lowest BCUT2D eigenvalue weighted by molar-refractivity contribution is 0.0932. The van der Waals surface area contributed by atoms with Gasteiger partial charge in [0, 0.05) is 26.0 Å². The molecule has 0 aromatic carbocycles. The van der Waals surface area contributed by atoms with Gasteiger partial charge in [0.15, 0.2) is 0 Å². The van der Waals surface area contributed by atoms with Crippen molar-refractivity contribution in [2.45, 2.75) is 18.9 Å². The SMILES string of the molecule is Cn1cnc(C(CNC(=O)c2cc3cccn3c(=O)[nH]2)N2CCCC2)c1. The second kappa shape index (κ2) is 6.80. The molecule has 0 bridgehead atoms. The van der Waals surface area contributed by atoms with Crippen LogP contribution in [-0.2, 0) is 7.05 Å². The summed E-state index contributed by atoms with van der Waals surface area (Å²) in [6.45, 7) is 2.46. The molecule has 1 saturated heterocycles. The Bertz CT molecular complexity index is 979. The van der Waals surface area contributed by atoms with Crippen LogP contribution in [0.15, 0.2) is 41.7 Å². The minimum Gasteiger partial charge on any atom is -0.349 e. The molecule has 3 aromatic heterocycles. The van der Waals surface area contributed by atoms with Gasteiger partial charge in [-0.25, -0.2) is 9.78 Å². The average Bonchev–Trinajstić information content (AvgIpc) is 3.36. The highest BCUT2D eigenvalue weighted by atomic mass is 16.2. The second-order valence-electron chi connectivity index (χ2n) is 6.72.